The Bertz CT molecular complexity index is 428. The van der Waals surface area contributed by atoms with Crippen LogP contribution in [-0.4, -0.2) is 0 Å². The van der Waals surface area contributed by atoms with Crippen molar-refractivity contribution in [3.05, 3.63) is 22.8 Å². The van der Waals surface area contributed by atoms with Gasteiger partial charge < -0.3 is 4.42 Å². The maximum Gasteiger partial charge on any atom is 0.145 e. The molecule has 0 saturated carbocycles. The smallest absolute Gasteiger partial charge is 0.145 e. The zero-order valence-electron chi connectivity index (χ0n) is 8.47. The highest BCUT2D eigenvalue weighted by atomic mass is 32.1. The summed E-state index contributed by atoms with van der Waals surface area (Å²) in [6.45, 7) is 8.69. The summed E-state index contributed by atoms with van der Waals surface area (Å²) in [6, 6.07) is 2.04. The monoisotopic (exact) mass is 194 g/mol. The lowest BCUT2D eigenvalue weighted by Gasteiger charge is -2.15. The van der Waals surface area contributed by atoms with E-state index in [0.717, 1.165) is 11.3 Å². The number of rotatable bonds is 0. The molecule has 0 amide bonds. The Labute approximate surface area is 82.4 Å². The Morgan fingerprint density at radius 1 is 1.31 bits per heavy atom. The Morgan fingerprint density at radius 2 is 2.00 bits per heavy atom. The molecule has 2 aromatic rings. The van der Waals surface area contributed by atoms with E-state index in [1.54, 1.807) is 11.3 Å². The highest BCUT2D eigenvalue weighted by Crippen LogP contribution is 2.36. The van der Waals surface area contributed by atoms with Gasteiger partial charge in [-0.3, -0.25) is 0 Å². The van der Waals surface area contributed by atoms with Crippen LogP contribution in [0.5, 0.6) is 0 Å². The lowest BCUT2D eigenvalue weighted by Crippen LogP contribution is -2.10. The lowest BCUT2D eigenvalue weighted by molar-refractivity contribution is 0.426. The number of furan rings is 1. The SMILES string of the molecule is Cc1c(C(C)(C)C)oc2ccsc12. The first kappa shape index (κ1) is 8.82. The van der Waals surface area contributed by atoms with Crippen LogP contribution in [0, 0.1) is 6.92 Å². The Hall–Kier alpha value is -0.760. The number of aryl methyl sites for hydroxylation is 1. The summed E-state index contributed by atoms with van der Waals surface area (Å²) < 4.78 is 7.11. The molecule has 13 heavy (non-hydrogen) atoms. The van der Waals surface area contributed by atoms with Gasteiger partial charge in [-0.1, -0.05) is 20.8 Å². The average Bonchev–Trinajstić information content (AvgIpc) is 2.51. The van der Waals surface area contributed by atoms with E-state index in [-0.39, 0.29) is 5.41 Å². The van der Waals surface area contributed by atoms with Crippen molar-refractivity contribution in [1.82, 2.24) is 0 Å². The molecule has 0 aliphatic rings. The quantitative estimate of drug-likeness (QED) is 0.615. The van der Waals surface area contributed by atoms with Crippen molar-refractivity contribution in [2.75, 3.05) is 0 Å². The molecule has 0 aromatic carbocycles. The molecule has 0 saturated heterocycles. The molecule has 0 N–H and O–H groups in total. The summed E-state index contributed by atoms with van der Waals surface area (Å²) >= 11 is 1.76. The van der Waals surface area contributed by atoms with Crippen LogP contribution >= 0.6 is 11.3 Å². The first-order chi connectivity index (χ1) is 6.00. The zero-order chi connectivity index (χ0) is 9.64. The van der Waals surface area contributed by atoms with Crippen molar-refractivity contribution in [2.24, 2.45) is 0 Å². The maximum absolute atomic E-state index is 5.81. The minimum Gasteiger partial charge on any atom is -0.459 e. The summed E-state index contributed by atoms with van der Waals surface area (Å²) in [7, 11) is 0. The van der Waals surface area contributed by atoms with Gasteiger partial charge in [-0.25, -0.2) is 0 Å². The third-order valence-corrected chi connectivity index (χ3v) is 3.22. The second-order valence-corrected chi connectivity index (χ2v) is 5.34. The van der Waals surface area contributed by atoms with Crippen molar-refractivity contribution in [2.45, 2.75) is 33.1 Å². The molecule has 2 heterocycles. The van der Waals surface area contributed by atoms with Crippen LogP contribution in [0.2, 0.25) is 0 Å². The van der Waals surface area contributed by atoms with Crippen molar-refractivity contribution >= 4 is 21.6 Å². The predicted molar refractivity (Wildman–Crippen MR) is 57.5 cm³/mol. The second-order valence-electron chi connectivity index (χ2n) is 4.42. The third kappa shape index (κ3) is 1.29. The topological polar surface area (TPSA) is 13.1 Å². The summed E-state index contributed by atoms with van der Waals surface area (Å²) in [4.78, 5) is 0. The van der Waals surface area contributed by atoms with Crippen LogP contribution in [0.4, 0.5) is 0 Å². The van der Waals surface area contributed by atoms with Crippen LogP contribution in [-0.2, 0) is 5.41 Å². The van der Waals surface area contributed by atoms with Crippen molar-refractivity contribution < 1.29 is 4.42 Å². The van der Waals surface area contributed by atoms with Gasteiger partial charge in [-0.15, -0.1) is 11.3 Å². The fourth-order valence-electron chi connectivity index (χ4n) is 1.66. The van der Waals surface area contributed by atoms with Gasteiger partial charge in [-0.2, -0.15) is 0 Å². The Morgan fingerprint density at radius 3 is 2.54 bits per heavy atom. The number of hydrogen-bond donors (Lipinski definition) is 0. The van der Waals surface area contributed by atoms with Crippen molar-refractivity contribution in [3.63, 3.8) is 0 Å². The first-order valence-electron chi connectivity index (χ1n) is 4.47. The van der Waals surface area contributed by atoms with Gasteiger partial charge in [0.1, 0.15) is 11.3 Å². The molecule has 0 aliphatic heterocycles. The highest BCUT2D eigenvalue weighted by molar-refractivity contribution is 7.17. The molecule has 0 unspecified atom stereocenters. The van der Waals surface area contributed by atoms with Gasteiger partial charge in [0, 0.05) is 11.0 Å². The highest BCUT2D eigenvalue weighted by Gasteiger charge is 2.23. The second kappa shape index (κ2) is 2.61. The summed E-state index contributed by atoms with van der Waals surface area (Å²) in [5.74, 6) is 1.12. The van der Waals surface area contributed by atoms with Gasteiger partial charge in [0.05, 0.1) is 4.70 Å². The summed E-state index contributed by atoms with van der Waals surface area (Å²) in [6.07, 6.45) is 0. The van der Waals surface area contributed by atoms with Crippen LogP contribution < -0.4 is 0 Å². The fourth-order valence-corrected chi connectivity index (χ4v) is 2.48. The van der Waals surface area contributed by atoms with E-state index >= 15 is 0 Å². The van der Waals surface area contributed by atoms with E-state index in [1.165, 1.54) is 10.3 Å². The zero-order valence-corrected chi connectivity index (χ0v) is 9.29. The van der Waals surface area contributed by atoms with Gasteiger partial charge in [0.25, 0.3) is 0 Å². The van der Waals surface area contributed by atoms with Crippen LogP contribution in [0.15, 0.2) is 15.9 Å². The molecule has 0 spiro atoms. The lowest BCUT2D eigenvalue weighted by atomic mass is 9.91. The van der Waals surface area contributed by atoms with E-state index in [9.17, 15) is 0 Å². The van der Waals surface area contributed by atoms with Gasteiger partial charge in [-0.05, 0) is 18.4 Å². The minimum absolute atomic E-state index is 0.114. The first-order valence-corrected chi connectivity index (χ1v) is 5.35. The number of thiophene rings is 1. The van der Waals surface area contributed by atoms with Gasteiger partial charge >= 0.3 is 0 Å². The molecular formula is C11H14OS. The van der Waals surface area contributed by atoms with Crippen LogP contribution in [0.1, 0.15) is 32.1 Å². The third-order valence-electron chi connectivity index (χ3n) is 2.20. The largest absolute Gasteiger partial charge is 0.459 e. The van der Waals surface area contributed by atoms with Gasteiger partial charge in [0.2, 0.25) is 0 Å². The van der Waals surface area contributed by atoms with Crippen molar-refractivity contribution in [3.8, 4) is 0 Å². The molecule has 70 valence electrons. The molecule has 0 radical (unpaired) electrons. The van der Waals surface area contributed by atoms with Gasteiger partial charge in [0.15, 0.2) is 0 Å². The maximum atomic E-state index is 5.81. The Balaban J connectivity index is 2.71. The van der Waals surface area contributed by atoms with E-state index < -0.39 is 0 Å². The molecule has 2 rings (SSSR count). The molecule has 0 fully saturated rings. The van der Waals surface area contributed by atoms with Crippen LogP contribution in [0.25, 0.3) is 10.3 Å². The van der Waals surface area contributed by atoms with E-state index in [2.05, 4.69) is 33.1 Å². The van der Waals surface area contributed by atoms with Crippen molar-refractivity contribution in [1.29, 1.82) is 0 Å². The molecular weight excluding hydrogens is 180 g/mol. The molecule has 0 atom stereocenters. The van der Waals surface area contributed by atoms with E-state index in [4.69, 9.17) is 4.42 Å². The normalized spacial score (nSPS) is 12.6. The fraction of sp³-hybridized carbons (Fsp3) is 0.455. The minimum atomic E-state index is 0.114. The van der Waals surface area contributed by atoms with E-state index in [0.29, 0.717) is 0 Å². The average molecular weight is 194 g/mol. The molecule has 2 heteroatoms. The summed E-state index contributed by atoms with van der Waals surface area (Å²) in [5, 5.41) is 2.08. The Kier molecular flexibility index (Phi) is 1.77. The molecule has 0 bridgehead atoms. The number of fused-ring (bicyclic) bond motifs is 1. The standard InChI is InChI=1S/C11H14OS/c1-7-9-8(5-6-13-9)12-10(7)11(2,3)4/h5-6H,1-4H3. The van der Waals surface area contributed by atoms with E-state index in [1.807, 2.05) is 6.07 Å². The molecule has 2 aromatic heterocycles. The predicted octanol–water partition coefficient (Wildman–Crippen LogP) is 4.10. The molecule has 1 nitrogen and oxygen atoms in total. The molecule has 0 aliphatic carbocycles. The number of hydrogen-bond acceptors (Lipinski definition) is 2. The van der Waals surface area contributed by atoms with Crippen LogP contribution in [0.3, 0.4) is 0 Å². The summed E-state index contributed by atoms with van der Waals surface area (Å²) in [5.41, 5.74) is 2.45.